The molecule has 38 heavy (non-hydrogen) atoms. The Kier molecular flexibility index (Phi) is 8.38. The molecule has 1 aromatic heterocycles. The summed E-state index contributed by atoms with van der Waals surface area (Å²) in [6.07, 6.45) is 1.87. The van der Waals surface area contributed by atoms with E-state index in [0.717, 1.165) is 5.39 Å². The summed E-state index contributed by atoms with van der Waals surface area (Å²) in [5.74, 6) is -2.33. The minimum absolute atomic E-state index is 0.0000367. The van der Waals surface area contributed by atoms with Gasteiger partial charge in [0.25, 0.3) is 11.8 Å². The first-order valence-electron chi connectivity index (χ1n) is 12.4. The van der Waals surface area contributed by atoms with E-state index in [1.165, 1.54) is 18.2 Å². The molecule has 3 aromatic rings. The molecule has 0 aliphatic carbocycles. The number of pyridine rings is 1. The number of nitrogens with one attached hydrogen (secondary N) is 2. The fraction of sp³-hybridized carbons (Fsp3) is 0.333. The summed E-state index contributed by atoms with van der Waals surface area (Å²) in [5, 5.41) is 30.7. The number of hydrogen-bond acceptors (Lipinski definition) is 7. The van der Waals surface area contributed by atoms with Crippen molar-refractivity contribution in [3.63, 3.8) is 0 Å². The molecular weight excluding hydrogens is 490 g/mol. The van der Waals surface area contributed by atoms with Crippen molar-refractivity contribution in [2.24, 2.45) is 11.1 Å². The van der Waals surface area contributed by atoms with Gasteiger partial charge in [-0.15, -0.1) is 0 Å². The van der Waals surface area contributed by atoms with Gasteiger partial charge in [-0.1, -0.05) is 55.4 Å². The molecule has 2 atom stereocenters. The highest BCUT2D eigenvalue weighted by Gasteiger charge is 2.48. The first kappa shape index (κ1) is 27.2. The van der Waals surface area contributed by atoms with Crippen LogP contribution in [0.25, 0.3) is 10.8 Å². The molecule has 4 rings (SSSR count). The smallest absolute Gasteiger partial charge is 0.426 e. The third-order valence-electron chi connectivity index (χ3n) is 6.38. The van der Waals surface area contributed by atoms with Gasteiger partial charge in [0, 0.05) is 24.4 Å². The summed E-state index contributed by atoms with van der Waals surface area (Å²) in [6, 6.07) is 15.0. The summed E-state index contributed by atoms with van der Waals surface area (Å²) >= 11 is 0. The monoisotopic (exact) mass is 520 g/mol. The van der Waals surface area contributed by atoms with Crippen molar-refractivity contribution >= 4 is 35.4 Å². The molecule has 2 amide bonds. The standard InChI is InChI=1S/C27H30BFN4O5/c1-17(2)12-23(28(36)37)32-26(35)27(14-18-6-5-8-20(29)13-18)15-21(33-38-27)16-31-25(34)24-22-9-4-3-7-19(22)10-11-30-24/h3-11,13,17,23,36-37H,12,14-16H2,1-2H3,(H,31,34)(H,32,35)/t23-,27?/m0/s1. The van der Waals surface area contributed by atoms with Crippen LogP contribution >= 0.6 is 0 Å². The zero-order valence-electron chi connectivity index (χ0n) is 21.2. The lowest BCUT2D eigenvalue weighted by Crippen LogP contribution is -2.56. The fourth-order valence-electron chi connectivity index (χ4n) is 4.54. The summed E-state index contributed by atoms with van der Waals surface area (Å²) in [5.41, 5.74) is -0.393. The minimum atomic E-state index is -1.78. The highest BCUT2D eigenvalue weighted by Crippen LogP contribution is 2.30. The zero-order valence-corrected chi connectivity index (χ0v) is 21.2. The summed E-state index contributed by atoms with van der Waals surface area (Å²) in [6.45, 7) is 3.79. The molecule has 0 fully saturated rings. The second-order valence-electron chi connectivity index (χ2n) is 9.91. The van der Waals surface area contributed by atoms with E-state index in [1.807, 2.05) is 44.2 Å². The predicted molar refractivity (Wildman–Crippen MR) is 142 cm³/mol. The number of amides is 2. The number of aromatic nitrogens is 1. The van der Waals surface area contributed by atoms with Crippen LogP contribution in [0.4, 0.5) is 4.39 Å². The molecule has 1 aliphatic heterocycles. The highest BCUT2D eigenvalue weighted by molar-refractivity contribution is 6.43. The van der Waals surface area contributed by atoms with Crippen LogP contribution in [0.1, 0.15) is 42.7 Å². The first-order chi connectivity index (χ1) is 18.2. The van der Waals surface area contributed by atoms with Crippen molar-refractivity contribution in [3.8, 4) is 0 Å². The molecule has 0 bridgehead atoms. The van der Waals surface area contributed by atoms with E-state index in [1.54, 1.807) is 12.3 Å². The number of oxime groups is 1. The number of rotatable bonds is 10. The predicted octanol–water partition coefficient (Wildman–Crippen LogP) is 2.40. The molecule has 2 aromatic carbocycles. The van der Waals surface area contributed by atoms with E-state index in [-0.39, 0.29) is 31.0 Å². The number of benzene rings is 2. The second kappa shape index (κ2) is 11.7. The molecule has 1 unspecified atom stereocenters. The van der Waals surface area contributed by atoms with Gasteiger partial charge in [-0.05, 0) is 41.5 Å². The highest BCUT2D eigenvalue weighted by atomic mass is 19.1. The van der Waals surface area contributed by atoms with Crippen LogP contribution in [0, 0.1) is 11.7 Å². The van der Waals surface area contributed by atoms with E-state index in [0.29, 0.717) is 23.1 Å². The maximum absolute atomic E-state index is 13.9. The largest absolute Gasteiger partial charge is 0.475 e. The maximum Gasteiger partial charge on any atom is 0.475 e. The van der Waals surface area contributed by atoms with Gasteiger partial charge in [-0.25, -0.2) is 4.39 Å². The molecule has 1 aliphatic rings. The van der Waals surface area contributed by atoms with Crippen LogP contribution in [-0.4, -0.2) is 57.8 Å². The van der Waals surface area contributed by atoms with Gasteiger partial charge in [0.05, 0.1) is 18.2 Å². The molecule has 2 heterocycles. The normalized spacial score (nSPS) is 17.6. The number of halogens is 1. The quantitative estimate of drug-likeness (QED) is 0.304. The van der Waals surface area contributed by atoms with Crippen molar-refractivity contribution in [1.29, 1.82) is 0 Å². The van der Waals surface area contributed by atoms with Crippen molar-refractivity contribution in [2.75, 3.05) is 6.54 Å². The molecular formula is C27H30BFN4O5. The Morgan fingerprint density at radius 2 is 1.95 bits per heavy atom. The summed E-state index contributed by atoms with van der Waals surface area (Å²) < 4.78 is 13.9. The van der Waals surface area contributed by atoms with E-state index in [9.17, 15) is 24.0 Å². The Balaban J connectivity index is 1.50. The summed E-state index contributed by atoms with van der Waals surface area (Å²) in [4.78, 5) is 36.3. The Morgan fingerprint density at radius 1 is 1.16 bits per heavy atom. The zero-order chi connectivity index (χ0) is 27.3. The van der Waals surface area contributed by atoms with Crippen molar-refractivity contribution in [1.82, 2.24) is 15.6 Å². The lowest BCUT2D eigenvalue weighted by Gasteiger charge is -2.29. The number of carbonyl (C=O) groups is 2. The van der Waals surface area contributed by atoms with E-state index >= 15 is 0 Å². The van der Waals surface area contributed by atoms with Gasteiger partial charge < -0.3 is 25.5 Å². The number of nitrogens with zero attached hydrogens (tertiary/aromatic N) is 2. The van der Waals surface area contributed by atoms with Gasteiger partial charge in [0.15, 0.2) is 0 Å². The molecule has 11 heteroatoms. The Labute approximate surface area is 220 Å². The molecule has 0 saturated carbocycles. The van der Waals surface area contributed by atoms with Gasteiger partial charge in [-0.3, -0.25) is 14.6 Å². The second-order valence-corrected chi connectivity index (χ2v) is 9.91. The Hall–Kier alpha value is -3.83. The first-order valence-corrected chi connectivity index (χ1v) is 12.4. The minimum Gasteiger partial charge on any atom is -0.426 e. The average Bonchev–Trinajstić information content (AvgIpc) is 3.30. The molecule has 0 radical (unpaired) electrons. The fourth-order valence-corrected chi connectivity index (χ4v) is 4.54. The van der Waals surface area contributed by atoms with Crippen LogP contribution in [0.15, 0.2) is 65.9 Å². The third kappa shape index (κ3) is 6.35. The number of carbonyl (C=O) groups excluding carboxylic acids is 2. The SMILES string of the molecule is CC(C)C[C@H](NC(=O)C1(Cc2cccc(F)c2)CC(CNC(=O)c2nccc3ccccc23)=NO1)B(O)O. The topological polar surface area (TPSA) is 133 Å². The van der Waals surface area contributed by atoms with Gasteiger partial charge >= 0.3 is 7.12 Å². The van der Waals surface area contributed by atoms with Crippen molar-refractivity contribution in [3.05, 3.63) is 77.9 Å². The van der Waals surface area contributed by atoms with E-state index < -0.39 is 36.3 Å². The lowest BCUT2D eigenvalue weighted by atomic mass is 9.74. The van der Waals surface area contributed by atoms with Crippen molar-refractivity contribution in [2.45, 2.75) is 44.7 Å². The Bertz CT molecular complexity index is 1350. The molecule has 4 N–H and O–H groups in total. The molecule has 0 spiro atoms. The Morgan fingerprint density at radius 3 is 2.68 bits per heavy atom. The molecule has 198 valence electrons. The van der Waals surface area contributed by atoms with Crippen LogP contribution in [0.2, 0.25) is 0 Å². The number of hydrogen-bond donors (Lipinski definition) is 4. The van der Waals surface area contributed by atoms with Gasteiger partial charge in [-0.2, -0.15) is 0 Å². The molecule has 0 saturated heterocycles. The average molecular weight is 520 g/mol. The van der Waals surface area contributed by atoms with Crippen LogP contribution < -0.4 is 10.6 Å². The van der Waals surface area contributed by atoms with Crippen LogP contribution in [0.5, 0.6) is 0 Å². The van der Waals surface area contributed by atoms with Crippen molar-refractivity contribution < 1.29 is 28.9 Å². The van der Waals surface area contributed by atoms with Gasteiger partial charge in [0.2, 0.25) is 5.60 Å². The summed E-state index contributed by atoms with van der Waals surface area (Å²) in [7, 11) is -1.78. The van der Waals surface area contributed by atoms with E-state index in [4.69, 9.17) is 4.84 Å². The third-order valence-corrected chi connectivity index (χ3v) is 6.38. The lowest BCUT2D eigenvalue weighted by molar-refractivity contribution is -0.144. The maximum atomic E-state index is 13.9. The van der Waals surface area contributed by atoms with Gasteiger partial charge in [0.1, 0.15) is 11.5 Å². The van der Waals surface area contributed by atoms with E-state index in [2.05, 4.69) is 20.8 Å². The van der Waals surface area contributed by atoms with Crippen LogP contribution in [-0.2, 0) is 16.1 Å². The molecule has 9 nitrogen and oxygen atoms in total. The number of fused-ring (bicyclic) bond motifs is 1. The van der Waals surface area contributed by atoms with Crippen LogP contribution in [0.3, 0.4) is 0 Å².